The SMILES string of the molecule is CC(C)C.CNCCCCc1ccc(NC(=O)C2CC(C(=O)NC)N(C(=O)CN(C)C(=O)C=O)C2)cc1.CS. The number of carbonyl (C=O) groups excluding carboxylic acids is 5. The van der Waals surface area contributed by atoms with Crippen LogP contribution < -0.4 is 16.0 Å². The Hall–Kier alpha value is -2.92. The van der Waals surface area contributed by atoms with E-state index in [4.69, 9.17) is 0 Å². The Labute approximate surface area is 239 Å². The summed E-state index contributed by atoms with van der Waals surface area (Å²) in [6, 6.07) is 6.83. The topological polar surface area (TPSA) is 128 Å². The molecular weight excluding hydrogens is 518 g/mol. The lowest BCUT2D eigenvalue weighted by atomic mass is 10.0. The fraction of sp³-hybridized carbons (Fsp3) is 0.607. The second-order valence-electron chi connectivity index (χ2n) is 9.90. The number of likely N-dealkylation sites (N-methyl/N-ethyl adjacent to an activating group) is 2. The van der Waals surface area contributed by atoms with Crippen molar-refractivity contribution in [1.29, 1.82) is 0 Å². The van der Waals surface area contributed by atoms with Crippen molar-refractivity contribution >= 4 is 48.2 Å². The van der Waals surface area contributed by atoms with Crippen LogP contribution in [0.1, 0.15) is 45.6 Å². The molecule has 220 valence electrons. The Morgan fingerprint density at radius 1 is 1.05 bits per heavy atom. The molecule has 1 fully saturated rings. The number of benzene rings is 1. The van der Waals surface area contributed by atoms with Crippen molar-refractivity contribution in [2.75, 3.05) is 52.3 Å². The third kappa shape index (κ3) is 13.6. The fourth-order valence-electron chi connectivity index (χ4n) is 3.81. The van der Waals surface area contributed by atoms with Crippen molar-refractivity contribution in [3.8, 4) is 0 Å². The molecule has 2 unspecified atom stereocenters. The largest absolute Gasteiger partial charge is 0.357 e. The number of aryl methyl sites for hydroxylation is 1. The van der Waals surface area contributed by atoms with E-state index in [1.807, 2.05) is 31.3 Å². The lowest BCUT2D eigenvalue weighted by molar-refractivity contribution is -0.144. The van der Waals surface area contributed by atoms with E-state index in [1.165, 1.54) is 24.6 Å². The predicted molar refractivity (Wildman–Crippen MR) is 159 cm³/mol. The average molecular weight is 566 g/mol. The van der Waals surface area contributed by atoms with Gasteiger partial charge in [-0.15, -0.1) is 0 Å². The average Bonchev–Trinajstić information content (AvgIpc) is 3.38. The summed E-state index contributed by atoms with van der Waals surface area (Å²) in [4.78, 5) is 62.2. The van der Waals surface area contributed by atoms with Gasteiger partial charge in [0.15, 0.2) is 0 Å². The summed E-state index contributed by atoms with van der Waals surface area (Å²) in [7, 11) is 4.72. The first-order valence-electron chi connectivity index (χ1n) is 13.2. The molecule has 2 atom stereocenters. The standard InChI is InChI=1S/C23H33N5O5.C4H10.CH4S/c1-24-11-5-4-6-16-7-9-18(10-8-16)26-22(32)17-12-19(23(33)25-2)28(13-17)20(30)14-27(3)21(31)15-29;1-4(2)3;1-2/h7-10,15,17,19,24H,4-6,11-14H2,1-3H3,(H,25,33)(H,26,32);4H,1-3H3;2H,1H3. The third-order valence-electron chi connectivity index (χ3n) is 5.75. The maximum Gasteiger partial charge on any atom is 0.286 e. The zero-order valence-corrected chi connectivity index (χ0v) is 25.3. The summed E-state index contributed by atoms with van der Waals surface area (Å²) in [6.45, 7) is 7.18. The van der Waals surface area contributed by atoms with Gasteiger partial charge in [0.2, 0.25) is 24.0 Å². The van der Waals surface area contributed by atoms with Crippen molar-refractivity contribution < 1.29 is 24.0 Å². The maximum absolute atomic E-state index is 12.8. The molecule has 1 aliphatic rings. The Morgan fingerprint density at radius 3 is 2.15 bits per heavy atom. The highest BCUT2D eigenvalue weighted by Crippen LogP contribution is 2.25. The summed E-state index contributed by atoms with van der Waals surface area (Å²) in [5, 5.41) is 8.50. The number of nitrogens with one attached hydrogen (secondary N) is 3. The normalized spacial score (nSPS) is 15.8. The lowest BCUT2D eigenvalue weighted by Gasteiger charge is -2.25. The lowest BCUT2D eigenvalue weighted by Crippen LogP contribution is -2.48. The van der Waals surface area contributed by atoms with Crippen LogP contribution in [0.25, 0.3) is 0 Å². The van der Waals surface area contributed by atoms with E-state index in [0.29, 0.717) is 5.69 Å². The van der Waals surface area contributed by atoms with E-state index in [0.717, 1.165) is 36.6 Å². The van der Waals surface area contributed by atoms with Crippen molar-refractivity contribution in [3.05, 3.63) is 29.8 Å². The molecule has 0 saturated carbocycles. The second-order valence-corrected chi connectivity index (χ2v) is 9.90. The molecule has 1 aromatic rings. The second kappa shape index (κ2) is 20.0. The van der Waals surface area contributed by atoms with Gasteiger partial charge >= 0.3 is 0 Å². The zero-order chi connectivity index (χ0) is 30.0. The van der Waals surface area contributed by atoms with Gasteiger partial charge < -0.3 is 25.8 Å². The number of unbranched alkanes of at least 4 members (excludes halogenated alkanes) is 1. The minimum Gasteiger partial charge on any atom is -0.357 e. The van der Waals surface area contributed by atoms with Crippen LogP contribution in [-0.4, -0.2) is 92.8 Å². The minimum absolute atomic E-state index is 0.0510. The summed E-state index contributed by atoms with van der Waals surface area (Å²) in [5.41, 5.74) is 1.84. The Balaban J connectivity index is 0.00000220. The van der Waals surface area contributed by atoms with Crippen molar-refractivity contribution in [1.82, 2.24) is 20.4 Å². The molecule has 2 rings (SSSR count). The molecule has 3 N–H and O–H groups in total. The highest BCUT2D eigenvalue weighted by molar-refractivity contribution is 7.79. The highest BCUT2D eigenvalue weighted by atomic mass is 32.1. The van der Waals surface area contributed by atoms with Gasteiger partial charge in [0, 0.05) is 26.3 Å². The van der Waals surface area contributed by atoms with Gasteiger partial charge in [-0.1, -0.05) is 32.9 Å². The van der Waals surface area contributed by atoms with Gasteiger partial charge in [-0.05, 0) is 69.1 Å². The first-order chi connectivity index (χ1) is 18.5. The smallest absolute Gasteiger partial charge is 0.286 e. The molecule has 1 aliphatic heterocycles. The van der Waals surface area contributed by atoms with Crippen LogP contribution in [0.15, 0.2) is 24.3 Å². The van der Waals surface area contributed by atoms with Gasteiger partial charge in [-0.2, -0.15) is 12.6 Å². The maximum atomic E-state index is 12.8. The van der Waals surface area contributed by atoms with Gasteiger partial charge in [-0.3, -0.25) is 24.0 Å². The quantitative estimate of drug-likeness (QED) is 0.141. The number of aldehydes is 1. The number of nitrogens with zero attached hydrogens (tertiary/aromatic N) is 2. The molecule has 0 aliphatic carbocycles. The molecule has 0 aromatic heterocycles. The molecule has 1 saturated heterocycles. The van der Waals surface area contributed by atoms with Gasteiger partial charge in [0.05, 0.1) is 12.5 Å². The van der Waals surface area contributed by atoms with E-state index >= 15 is 0 Å². The van der Waals surface area contributed by atoms with E-state index in [-0.39, 0.29) is 37.6 Å². The number of anilines is 1. The number of hydrogen-bond donors (Lipinski definition) is 4. The Kier molecular flexibility index (Phi) is 18.5. The van der Waals surface area contributed by atoms with Crippen LogP contribution in [0, 0.1) is 11.8 Å². The Morgan fingerprint density at radius 2 is 1.64 bits per heavy atom. The number of carbonyl (C=O) groups is 5. The molecule has 1 heterocycles. The molecule has 0 spiro atoms. The number of amides is 4. The summed E-state index contributed by atoms with van der Waals surface area (Å²) in [6.07, 6.45) is 5.12. The van der Waals surface area contributed by atoms with Crippen molar-refractivity contribution in [3.63, 3.8) is 0 Å². The van der Waals surface area contributed by atoms with E-state index in [2.05, 4.69) is 49.4 Å². The molecule has 1 aromatic carbocycles. The first kappa shape index (κ1) is 36.1. The summed E-state index contributed by atoms with van der Waals surface area (Å²) in [5.74, 6) is -1.74. The van der Waals surface area contributed by atoms with Gasteiger partial charge in [-0.25, -0.2) is 0 Å². The third-order valence-corrected chi connectivity index (χ3v) is 5.75. The minimum atomic E-state index is -0.834. The zero-order valence-electron chi connectivity index (χ0n) is 24.5. The fourth-order valence-corrected chi connectivity index (χ4v) is 3.81. The molecule has 0 radical (unpaired) electrons. The van der Waals surface area contributed by atoms with E-state index in [1.54, 1.807) is 6.26 Å². The van der Waals surface area contributed by atoms with Crippen molar-refractivity contribution in [2.24, 2.45) is 11.8 Å². The van der Waals surface area contributed by atoms with Crippen LogP contribution in [0.3, 0.4) is 0 Å². The number of thiol groups is 1. The van der Waals surface area contributed by atoms with Crippen LogP contribution in [0.2, 0.25) is 0 Å². The predicted octanol–water partition coefficient (Wildman–Crippen LogP) is 2.00. The van der Waals surface area contributed by atoms with Crippen LogP contribution in [-0.2, 0) is 30.4 Å². The monoisotopic (exact) mass is 565 g/mol. The van der Waals surface area contributed by atoms with Gasteiger partial charge in [0.25, 0.3) is 5.91 Å². The highest BCUT2D eigenvalue weighted by Gasteiger charge is 2.42. The molecule has 10 nitrogen and oxygen atoms in total. The molecule has 0 bridgehead atoms. The number of likely N-dealkylation sites (tertiary alicyclic amines) is 1. The number of rotatable bonds is 11. The Bertz CT molecular complexity index is 907. The molecular formula is C28H47N5O5S. The van der Waals surface area contributed by atoms with Crippen LogP contribution >= 0.6 is 12.6 Å². The molecule has 39 heavy (non-hydrogen) atoms. The van der Waals surface area contributed by atoms with E-state index < -0.39 is 23.8 Å². The van der Waals surface area contributed by atoms with Gasteiger partial charge in [0.1, 0.15) is 6.04 Å². The van der Waals surface area contributed by atoms with Crippen LogP contribution in [0.5, 0.6) is 0 Å². The number of hydrogen-bond acceptors (Lipinski definition) is 7. The first-order valence-corrected chi connectivity index (χ1v) is 14.1. The van der Waals surface area contributed by atoms with Crippen molar-refractivity contribution in [2.45, 2.75) is 52.5 Å². The van der Waals surface area contributed by atoms with E-state index in [9.17, 15) is 24.0 Å². The van der Waals surface area contributed by atoms with Crippen LogP contribution in [0.4, 0.5) is 5.69 Å². The summed E-state index contributed by atoms with van der Waals surface area (Å²) >= 11 is 3.53. The molecule has 4 amide bonds. The molecule has 11 heteroatoms. The summed E-state index contributed by atoms with van der Waals surface area (Å²) < 4.78 is 0.